The number of anilines is 1. The molecule has 0 aliphatic carbocycles. The summed E-state index contributed by atoms with van der Waals surface area (Å²) in [6.07, 6.45) is 3.60. The van der Waals surface area contributed by atoms with Gasteiger partial charge >= 0.3 is 0 Å². The Kier molecular flexibility index (Phi) is 6.97. The van der Waals surface area contributed by atoms with Gasteiger partial charge < -0.3 is 15.0 Å². The summed E-state index contributed by atoms with van der Waals surface area (Å²) < 4.78 is 18.4. The van der Waals surface area contributed by atoms with E-state index in [0.717, 1.165) is 37.5 Å². The predicted molar refractivity (Wildman–Crippen MR) is 122 cm³/mol. The lowest BCUT2D eigenvalue weighted by molar-refractivity contribution is 0.0930. The zero-order valence-electron chi connectivity index (χ0n) is 18.1. The molecule has 1 aromatic heterocycles. The van der Waals surface area contributed by atoms with Crippen LogP contribution in [0.5, 0.6) is 5.75 Å². The summed E-state index contributed by atoms with van der Waals surface area (Å²) in [5.74, 6) is 0.279. The van der Waals surface area contributed by atoms with Crippen molar-refractivity contribution in [3.05, 3.63) is 90.0 Å². The summed E-state index contributed by atoms with van der Waals surface area (Å²) in [7, 11) is 1.67. The molecule has 1 atom stereocenters. The Morgan fingerprint density at radius 3 is 2.41 bits per heavy atom. The molecule has 4 rings (SSSR count). The van der Waals surface area contributed by atoms with Crippen molar-refractivity contribution in [3.63, 3.8) is 0 Å². The van der Waals surface area contributed by atoms with Gasteiger partial charge in [-0.1, -0.05) is 6.07 Å². The normalized spacial score (nSPS) is 15.2. The maximum absolute atomic E-state index is 13.2. The van der Waals surface area contributed by atoms with E-state index >= 15 is 0 Å². The fourth-order valence-corrected chi connectivity index (χ4v) is 4.01. The topological polar surface area (TPSA) is 57.7 Å². The second kappa shape index (κ2) is 10.2. The number of benzene rings is 2. The number of halogens is 1. The van der Waals surface area contributed by atoms with Crippen LogP contribution in [0, 0.1) is 5.82 Å². The van der Waals surface area contributed by atoms with Gasteiger partial charge in [0.15, 0.2) is 0 Å². The molecule has 0 bridgehead atoms. The highest BCUT2D eigenvalue weighted by molar-refractivity contribution is 5.94. The van der Waals surface area contributed by atoms with Gasteiger partial charge in [-0.15, -0.1) is 0 Å². The quantitative estimate of drug-likeness (QED) is 0.617. The van der Waals surface area contributed by atoms with Gasteiger partial charge in [0, 0.05) is 56.4 Å². The number of nitrogens with one attached hydrogen (secondary N) is 1. The van der Waals surface area contributed by atoms with E-state index in [0.29, 0.717) is 12.1 Å². The number of pyridine rings is 1. The van der Waals surface area contributed by atoms with Gasteiger partial charge in [0.25, 0.3) is 5.91 Å². The minimum Gasteiger partial charge on any atom is -0.497 e. The number of hydrogen-bond acceptors (Lipinski definition) is 5. The zero-order valence-corrected chi connectivity index (χ0v) is 18.1. The lowest BCUT2D eigenvalue weighted by Crippen LogP contribution is -2.50. The van der Waals surface area contributed by atoms with E-state index < -0.39 is 0 Å². The first-order valence-electron chi connectivity index (χ1n) is 10.7. The van der Waals surface area contributed by atoms with E-state index in [1.165, 1.54) is 30.0 Å². The molecule has 0 spiro atoms. The second-order valence-electron chi connectivity index (χ2n) is 7.74. The highest BCUT2D eigenvalue weighted by Crippen LogP contribution is 2.25. The molecule has 1 N–H and O–H groups in total. The Bertz CT molecular complexity index is 1000. The average Bonchev–Trinajstić information content (AvgIpc) is 2.85. The minimum atomic E-state index is -0.357. The number of methoxy groups -OCH3 is 1. The van der Waals surface area contributed by atoms with Crippen LogP contribution in [0.4, 0.5) is 10.1 Å². The van der Waals surface area contributed by atoms with E-state index in [4.69, 9.17) is 4.74 Å². The molecule has 2 heterocycles. The molecular weight excluding hydrogens is 407 g/mol. The molecule has 0 saturated carbocycles. The number of nitrogens with zero attached hydrogens (tertiary/aromatic N) is 3. The number of piperazine rings is 1. The third kappa shape index (κ3) is 5.23. The molecule has 3 aromatic rings. The Morgan fingerprint density at radius 2 is 1.78 bits per heavy atom. The summed E-state index contributed by atoms with van der Waals surface area (Å²) in [6, 6.07) is 17.7. The lowest BCUT2D eigenvalue weighted by atomic mass is 10.1. The monoisotopic (exact) mass is 434 g/mol. The van der Waals surface area contributed by atoms with E-state index in [1.54, 1.807) is 13.3 Å². The lowest BCUT2D eigenvalue weighted by Gasteiger charge is -2.40. The van der Waals surface area contributed by atoms with E-state index in [-0.39, 0.29) is 17.8 Å². The number of ether oxygens (including phenoxy) is 1. The molecule has 1 aliphatic heterocycles. The van der Waals surface area contributed by atoms with Gasteiger partial charge in [-0.05, 0) is 60.2 Å². The first-order valence-corrected chi connectivity index (χ1v) is 10.7. The van der Waals surface area contributed by atoms with Crippen LogP contribution in [0.2, 0.25) is 0 Å². The van der Waals surface area contributed by atoms with Crippen molar-refractivity contribution < 1.29 is 13.9 Å². The number of carbonyl (C=O) groups is 1. The molecule has 166 valence electrons. The third-order valence-corrected chi connectivity index (χ3v) is 5.82. The number of aromatic nitrogens is 1. The Hall–Kier alpha value is -3.45. The fourth-order valence-electron chi connectivity index (χ4n) is 4.01. The molecule has 1 fully saturated rings. The van der Waals surface area contributed by atoms with E-state index in [2.05, 4.69) is 32.2 Å². The summed E-state index contributed by atoms with van der Waals surface area (Å²) in [6.45, 7) is 3.93. The standard InChI is InChI=1S/C25H27FN4O2/c1-32-23-10-8-22(9-11-23)29-13-15-30(16-14-29)24(20-3-2-12-27-17-20)18-28-25(31)19-4-6-21(26)7-5-19/h2-12,17,24H,13-16,18H2,1H3,(H,28,31)/t24-/m1/s1. The Labute approximate surface area is 187 Å². The number of hydrogen-bond donors (Lipinski definition) is 1. The maximum atomic E-state index is 13.2. The molecule has 1 amide bonds. The van der Waals surface area contributed by atoms with Crippen molar-refractivity contribution in [1.29, 1.82) is 0 Å². The minimum absolute atomic E-state index is 0.00566. The summed E-state index contributed by atoms with van der Waals surface area (Å²) >= 11 is 0. The van der Waals surface area contributed by atoms with Gasteiger partial charge in [0.2, 0.25) is 0 Å². The first-order chi connectivity index (χ1) is 15.6. The summed E-state index contributed by atoms with van der Waals surface area (Å²) in [4.78, 5) is 21.6. The van der Waals surface area contributed by atoms with Crippen LogP contribution in [-0.4, -0.2) is 55.6 Å². The molecule has 2 aromatic carbocycles. The number of amides is 1. The largest absolute Gasteiger partial charge is 0.497 e. The highest BCUT2D eigenvalue weighted by Gasteiger charge is 2.26. The maximum Gasteiger partial charge on any atom is 0.251 e. The van der Waals surface area contributed by atoms with Crippen LogP contribution in [0.15, 0.2) is 73.1 Å². The molecule has 0 radical (unpaired) electrons. The predicted octanol–water partition coefficient (Wildman–Crippen LogP) is 3.52. The molecule has 32 heavy (non-hydrogen) atoms. The van der Waals surface area contributed by atoms with Gasteiger partial charge in [-0.25, -0.2) is 4.39 Å². The van der Waals surface area contributed by atoms with Crippen molar-refractivity contribution in [2.45, 2.75) is 6.04 Å². The van der Waals surface area contributed by atoms with Gasteiger partial charge in [0.1, 0.15) is 11.6 Å². The summed E-state index contributed by atoms with van der Waals surface area (Å²) in [5, 5.41) is 3.01. The Morgan fingerprint density at radius 1 is 1.06 bits per heavy atom. The van der Waals surface area contributed by atoms with Crippen LogP contribution < -0.4 is 15.0 Å². The second-order valence-corrected chi connectivity index (χ2v) is 7.74. The van der Waals surface area contributed by atoms with Crippen LogP contribution in [0.25, 0.3) is 0 Å². The number of rotatable bonds is 7. The van der Waals surface area contributed by atoms with Crippen molar-refractivity contribution in [2.24, 2.45) is 0 Å². The van der Waals surface area contributed by atoms with Gasteiger partial charge in [-0.3, -0.25) is 14.7 Å². The van der Waals surface area contributed by atoms with Crippen molar-refractivity contribution in [3.8, 4) is 5.75 Å². The first kappa shape index (κ1) is 21.8. The Balaban J connectivity index is 1.42. The molecule has 6 nitrogen and oxygen atoms in total. The van der Waals surface area contributed by atoms with E-state index in [1.807, 2.05) is 30.5 Å². The number of carbonyl (C=O) groups excluding carboxylic acids is 1. The molecule has 7 heteroatoms. The SMILES string of the molecule is COc1ccc(N2CCN([C@H](CNC(=O)c3ccc(F)cc3)c3cccnc3)CC2)cc1. The summed E-state index contributed by atoms with van der Waals surface area (Å²) in [5.41, 5.74) is 2.68. The van der Waals surface area contributed by atoms with Crippen LogP contribution >= 0.6 is 0 Å². The van der Waals surface area contributed by atoms with Crippen molar-refractivity contribution in [1.82, 2.24) is 15.2 Å². The molecule has 1 aliphatic rings. The van der Waals surface area contributed by atoms with Gasteiger partial charge in [0.05, 0.1) is 13.2 Å². The third-order valence-electron chi connectivity index (χ3n) is 5.82. The zero-order chi connectivity index (χ0) is 22.3. The molecule has 1 saturated heterocycles. The highest BCUT2D eigenvalue weighted by atomic mass is 19.1. The van der Waals surface area contributed by atoms with Crippen LogP contribution in [-0.2, 0) is 0 Å². The van der Waals surface area contributed by atoms with Gasteiger partial charge in [-0.2, -0.15) is 0 Å². The fraction of sp³-hybridized carbons (Fsp3) is 0.280. The molecule has 0 unspecified atom stereocenters. The molecular formula is C25H27FN4O2. The van der Waals surface area contributed by atoms with E-state index in [9.17, 15) is 9.18 Å². The van der Waals surface area contributed by atoms with Crippen LogP contribution in [0.3, 0.4) is 0 Å². The van der Waals surface area contributed by atoms with Crippen LogP contribution in [0.1, 0.15) is 22.0 Å². The smallest absolute Gasteiger partial charge is 0.251 e. The van der Waals surface area contributed by atoms with Crippen molar-refractivity contribution in [2.75, 3.05) is 44.7 Å². The van der Waals surface area contributed by atoms with Crippen molar-refractivity contribution >= 4 is 11.6 Å². The average molecular weight is 435 g/mol.